The minimum absolute atomic E-state index is 0.0725. The van der Waals surface area contributed by atoms with Gasteiger partial charge >= 0.3 is 0 Å². The zero-order chi connectivity index (χ0) is 13.8. The molecule has 2 rings (SSSR count). The number of anilines is 1. The van der Waals surface area contributed by atoms with Gasteiger partial charge < -0.3 is 15.2 Å². The Kier molecular flexibility index (Phi) is 4.12. The SMILES string of the molecule is COc1ccc(F)c(NCc2c(O)cccc2Cl)c1. The second kappa shape index (κ2) is 5.80. The second-order valence-corrected chi connectivity index (χ2v) is 4.34. The topological polar surface area (TPSA) is 41.5 Å². The highest BCUT2D eigenvalue weighted by Gasteiger charge is 2.08. The van der Waals surface area contributed by atoms with Crippen molar-refractivity contribution in [3.8, 4) is 11.5 Å². The summed E-state index contributed by atoms with van der Waals surface area (Å²) in [5.74, 6) is 0.225. The molecule has 0 aromatic heterocycles. The number of methoxy groups -OCH3 is 1. The summed E-state index contributed by atoms with van der Waals surface area (Å²) in [5.41, 5.74) is 0.810. The maximum absolute atomic E-state index is 13.6. The first kappa shape index (κ1) is 13.5. The Morgan fingerprint density at radius 3 is 2.79 bits per heavy atom. The van der Waals surface area contributed by atoms with Crippen LogP contribution < -0.4 is 10.1 Å². The highest BCUT2D eigenvalue weighted by Crippen LogP contribution is 2.27. The molecule has 0 aliphatic carbocycles. The third-order valence-corrected chi connectivity index (χ3v) is 3.08. The van der Waals surface area contributed by atoms with Gasteiger partial charge in [-0.2, -0.15) is 0 Å². The lowest BCUT2D eigenvalue weighted by atomic mass is 10.2. The fourth-order valence-electron chi connectivity index (χ4n) is 1.67. The number of hydrogen-bond acceptors (Lipinski definition) is 3. The zero-order valence-corrected chi connectivity index (χ0v) is 11.0. The predicted octanol–water partition coefficient (Wildman–Crippen LogP) is 3.81. The van der Waals surface area contributed by atoms with E-state index in [1.165, 1.54) is 25.3 Å². The van der Waals surface area contributed by atoms with Gasteiger partial charge in [0.15, 0.2) is 0 Å². The number of hydrogen-bond donors (Lipinski definition) is 2. The van der Waals surface area contributed by atoms with Crippen LogP contribution in [0.5, 0.6) is 11.5 Å². The van der Waals surface area contributed by atoms with Crippen LogP contribution in [-0.2, 0) is 6.54 Å². The van der Waals surface area contributed by atoms with Crippen molar-refractivity contribution < 1.29 is 14.2 Å². The van der Waals surface area contributed by atoms with E-state index in [-0.39, 0.29) is 12.3 Å². The molecule has 3 nitrogen and oxygen atoms in total. The van der Waals surface area contributed by atoms with Gasteiger partial charge in [-0.1, -0.05) is 17.7 Å². The zero-order valence-electron chi connectivity index (χ0n) is 10.3. The van der Waals surface area contributed by atoms with Crippen LogP contribution in [0.15, 0.2) is 36.4 Å². The first-order chi connectivity index (χ1) is 9.11. The lowest BCUT2D eigenvalue weighted by Crippen LogP contribution is -2.02. The van der Waals surface area contributed by atoms with Gasteiger partial charge in [-0.3, -0.25) is 0 Å². The summed E-state index contributed by atoms with van der Waals surface area (Å²) >= 11 is 5.98. The fourth-order valence-corrected chi connectivity index (χ4v) is 1.91. The number of nitrogens with one attached hydrogen (secondary N) is 1. The molecule has 0 atom stereocenters. The Hall–Kier alpha value is -1.94. The minimum atomic E-state index is -0.396. The lowest BCUT2D eigenvalue weighted by Gasteiger charge is -2.11. The first-order valence-electron chi connectivity index (χ1n) is 5.65. The molecule has 0 unspecified atom stereocenters. The van der Waals surface area contributed by atoms with E-state index in [0.29, 0.717) is 22.0 Å². The van der Waals surface area contributed by atoms with Crippen LogP contribution in [0.25, 0.3) is 0 Å². The smallest absolute Gasteiger partial charge is 0.146 e. The predicted molar refractivity (Wildman–Crippen MR) is 73.4 cm³/mol. The van der Waals surface area contributed by atoms with E-state index in [4.69, 9.17) is 16.3 Å². The molecule has 0 aliphatic heterocycles. The summed E-state index contributed by atoms with van der Waals surface area (Å²) in [4.78, 5) is 0. The molecule has 0 radical (unpaired) electrons. The molecule has 0 saturated heterocycles. The Morgan fingerprint density at radius 2 is 2.11 bits per heavy atom. The Morgan fingerprint density at radius 1 is 1.32 bits per heavy atom. The van der Waals surface area contributed by atoms with Gasteiger partial charge in [0.2, 0.25) is 0 Å². The van der Waals surface area contributed by atoms with Crippen molar-refractivity contribution in [2.45, 2.75) is 6.54 Å². The molecule has 2 aromatic carbocycles. The molecule has 0 saturated carbocycles. The van der Waals surface area contributed by atoms with Crippen molar-refractivity contribution in [1.29, 1.82) is 0 Å². The number of aromatic hydroxyl groups is 1. The average Bonchev–Trinajstić information content (AvgIpc) is 2.40. The number of halogens is 2. The van der Waals surface area contributed by atoms with Gasteiger partial charge in [0.05, 0.1) is 12.8 Å². The van der Waals surface area contributed by atoms with Crippen molar-refractivity contribution in [2.24, 2.45) is 0 Å². The van der Waals surface area contributed by atoms with Crippen LogP contribution in [-0.4, -0.2) is 12.2 Å². The standard InChI is InChI=1S/C14H13ClFNO2/c1-19-9-5-6-12(16)13(7-9)17-8-10-11(15)3-2-4-14(10)18/h2-7,17-18H,8H2,1H3. The maximum Gasteiger partial charge on any atom is 0.146 e. The van der Waals surface area contributed by atoms with Gasteiger partial charge in [-0.15, -0.1) is 0 Å². The van der Waals surface area contributed by atoms with E-state index >= 15 is 0 Å². The molecule has 0 aliphatic rings. The van der Waals surface area contributed by atoms with E-state index in [0.717, 1.165) is 0 Å². The summed E-state index contributed by atoms with van der Waals surface area (Å²) in [7, 11) is 1.51. The normalized spacial score (nSPS) is 10.3. The summed E-state index contributed by atoms with van der Waals surface area (Å²) in [6.45, 7) is 0.218. The lowest BCUT2D eigenvalue weighted by molar-refractivity contribution is 0.414. The van der Waals surface area contributed by atoms with Crippen LogP contribution in [0.4, 0.5) is 10.1 Å². The molecular formula is C14H13ClFNO2. The highest BCUT2D eigenvalue weighted by atomic mass is 35.5. The van der Waals surface area contributed by atoms with Crippen LogP contribution in [0, 0.1) is 5.82 Å². The molecular weight excluding hydrogens is 269 g/mol. The second-order valence-electron chi connectivity index (χ2n) is 3.94. The Bertz CT molecular complexity index is 569. The maximum atomic E-state index is 13.6. The molecule has 2 aromatic rings. The van der Waals surface area contributed by atoms with Gasteiger partial charge in [0.25, 0.3) is 0 Å². The van der Waals surface area contributed by atoms with E-state index in [2.05, 4.69) is 5.32 Å². The van der Waals surface area contributed by atoms with Crippen molar-refractivity contribution in [3.05, 3.63) is 52.8 Å². The molecule has 19 heavy (non-hydrogen) atoms. The van der Waals surface area contributed by atoms with Crippen LogP contribution >= 0.6 is 11.6 Å². The third kappa shape index (κ3) is 3.09. The van der Waals surface area contributed by atoms with E-state index in [1.807, 2.05) is 0 Å². The van der Waals surface area contributed by atoms with Gasteiger partial charge in [-0.25, -0.2) is 4.39 Å². The number of phenols is 1. The quantitative estimate of drug-likeness (QED) is 0.895. The van der Waals surface area contributed by atoms with Crippen LogP contribution in [0.1, 0.15) is 5.56 Å². The Balaban J connectivity index is 2.19. The molecule has 0 heterocycles. The monoisotopic (exact) mass is 281 g/mol. The highest BCUT2D eigenvalue weighted by molar-refractivity contribution is 6.31. The molecule has 0 amide bonds. The van der Waals surface area contributed by atoms with Crippen LogP contribution in [0.3, 0.4) is 0 Å². The first-order valence-corrected chi connectivity index (χ1v) is 6.03. The summed E-state index contributed by atoms with van der Waals surface area (Å²) in [6.07, 6.45) is 0. The summed E-state index contributed by atoms with van der Waals surface area (Å²) in [5, 5.41) is 13.0. The van der Waals surface area contributed by atoms with Crippen LogP contribution in [0.2, 0.25) is 5.02 Å². The van der Waals surface area contributed by atoms with Crippen molar-refractivity contribution in [3.63, 3.8) is 0 Å². The van der Waals surface area contributed by atoms with Crippen molar-refractivity contribution in [2.75, 3.05) is 12.4 Å². The van der Waals surface area contributed by atoms with E-state index < -0.39 is 5.82 Å². The largest absolute Gasteiger partial charge is 0.508 e. The number of phenolic OH excluding ortho intramolecular Hbond substituents is 1. The minimum Gasteiger partial charge on any atom is -0.508 e. The summed E-state index contributed by atoms with van der Waals surface area (Å²) in [6, 6.07) is 9.24. The van der Waals surface area contributed by atoms with Crippen molar-refractivity contribution >= 4 is 17.3 Å². The average molecular weight is 282 g/mol. The third-order valence-electron chi connectivity index (χ3n) is 2.72. The number of ether oxygens (including phenoxy) is 1. The van der Waals surface area contributed by atoms with E-state index in [9.17, 15) is 9.50 Å². The number of benzene rings is 2. The molecule has 2 N–H and O–H groups in total. The summed E-state index contributed by atoms with van der Waals surface area (Å²) < 4.78 is 18.6. The molecule has 100 valence electrons. The van der Waals surface area contributed by atoms with Gasteiger partial charge in [-0.05, 0) is 24.3 Å². The fraction of sp³-hybridized carbons (Fsp3) is 0.143. The molecule has 5 heteroatoms. The molecule has 0 spiro atoms. The van der Waals surface area contributed by atoms with Crippen molar-refractivity contribution in [1.82, 2.24) is 0 Å². The molecule has 0 bridgehead atoms. The van der Waals surface area contributed by atoms with E-state index in [1.54, 1.807) is 18.2 Å². The van der Waals surface area contributed by atoms with Gasteiger partial charge in [0, 0.05) is 23.2 Å². The number of rotatable bonds is 4. The van der Waals surface area contributed by atoms with Gasteiger partial charge in [0.1, 0.15) is 17.3 Å². The Labute approximate surface area is 115 Å². The molecule has 0 fully saturated rings.